The summed E-state index contributed by atoms with van der Waals surface area (Å²) in [5.41, 5.74) is 4.20. The van der Waals surface area contributed by atoms with Crippen LogP contribution in [-0.4, -0.2) is 37.9 Å². The van der Waals surface area contributed by atoms with Crippen LogP contribution in [0.5, 0.6) is 0 Å². The summed E-state index contributed by atoms with van der Waals surface area (Å²) in [6.45, 7) is 5.49. The second-order valence-electron chi connectivity index (χ2n) is 5.44. The Morgan fingerprint density at radius 1 is 1.50 bits per heavy atom. The monoisotopic (exact) mass is 248 g/mol. The van der Waals surface area contributed by atoms with Crippen LogP contribution in [0.1, 0.15) is 27.2 Å². The minimum Gasteiger partial charge on any atom is -0.349 e. The van der Waals surface area contributed by atoms with E-state index in [0.29, 0.717) is 6.42 Å². The van der Waals surface area contributed by atoms with Crippen LogP contribution in [0.2, 0.25) is 0 Å². The van der Waals surface area contributed by atoms with Crippen LogP contribution in [0.4, 0.5) is 0 Å². The fourth-order valence-electron chi connectivity index (χ4n) is 1.65. The van der Waals surface area contributed by atoms with Gasteiger partial charge in [0.25, 0.3) is 0 Å². The topological polar surface area (TPSA) is 89.3 Å². The zero-order valence-electron chi connectivity index (χ0n) is 10.0. The summed E-state index contributed by atoms with van der Waals surface area (Å²) in [5.74, 6) is -0.0197. The van der Waals surface area contributed by atoms with Gasteiger partial charge in [0.05, 0.1) is 22.5 Å². The number of nitrogens with two attached hydrogens (primary N) is 1. The highest BCUT2D eigenvalue weighted by Gasteiger charge is 2.41. The summed E-state index contributed by atoms with van der Waals surface area (Å²) in [6.07, 6.45) is 0.474. The lowest BCUT2D eigenvalue weighted by molar-refractivity contribution is -0.130. The van der Waals surface area contributed by atoms with Crippen molar-refractivity contribution in [1.29, 1.82) is 0 Å². The van der Waals surface area contributed by atoms with E-state index in [4.69, 9.17) is 5.73 Å². The fraction of sp³-hybridized carbons (Fsp3) is 0.900. The highest BCUT2D eigenvalue weighted by atomic mass is 32.2. The molecule has 1 aliphatic heterocycles. The zero-order valence-corrected chi connectivity index (χ0v) is 10.9. The SMILES string of the molecule is CC1(NC(=O)C(C)(C)CN)CCS(=O)(=O)C1. The van der Waals surface area contributed by atoms with E-state index in [0.717, 1.165) is 0 Å². The van der Waals surface area contributed by atoms with Gasteiger partial charge >= 0.3 is 0 Å². The number of hydrogen-bond acceptors (Lipinski definition) is 4. The maximum absolute atomic E-state index is 11.9. The fourth-order valence-corrected chi connectivity index (χ4v) is 3.74. The first-order valence-corrected chi connectivity index (χ1v) is 7.16. The molecule has 16 heavy (non-hydrogen) atoms. The van der Waals surface area contributed by atoms with Gasteiger partial charge in [0.2, 0.25) is 5.91 Å². The molecule has 1 unspecified atom stereocenters. The Morgan fingerprint density at radius 3 is 2.44 bits per heavy atom. The van der Waals surface area contributed by atoms with Crippen LogP contribution >= 0.6 is 0 Å². The Kier molecular flexibility index (Phi) is 3.36. The smallest absolute Gasteiger partial charge is 0.227 e. The molecule has 1 fully saturated rings. The molecule has 0 bridgehead atoms. The van der Waals surface area contributed by atoms with Gasteiger partial charge < -0.3 is 11.1 Å². The molecule has 1 heterocycles. The van der Waals surface area contributed by atoms with Crippen LogP contribution in [-0.2, 0) is 14.6 Å². The third kappa shape index (κ3) is 2.95. The lowest BCUT2D eigenvalue weighted by Crippen LogP contribution is -2.53. The highest BCUT2D eigenvalue weighted by Crippen LogP contribution is 2.24. The predicted molar refractivity (Wildman–Crippen MR) is 62.7 cm³/mol. The Hall–Kier alpha value is -0.620. The van der Waals surface area contributed by atoms with Gasteiger partial charge in [-0.15, -0.1) is 0 Å². The number of carbonyl (C=O) groups is 1. The molecule has 1 saturated heterocycles. The van der Waals surface area contributed by atoms with Gasteiger partial charge in [0.15, 0.2) is 9.84 Å². The van der Waals surface area contributed by atoms with Gasteiger partial charge in [-0.3, -0.25) is 4.79 Å². The second-order valence-corrected chi connectivity index (χ2v) is 7.63. The molecule has 0 aromatic rings. The van der Waals surface area contributed by atoms with E-state index in [-0.39, 0.29) is 24.0 Å². The molecule has 0 spiro atoms. The largest absolute Gasteiger partial charge is 0.349 e. The summed E-state index contributed by atoms with van der Waals surface area (Å²) in [6, 6.07) is 0. The molecule has 0 aromatic carbocycles. The van der Waals surface area contributed by atoms with Crippen molar-refractivity contribution in [3.8, 4) is 0 Å². The first-order valence-electron chi connectivity index (χ1n) is 5.33. The first-order chi connectivity index (χ1) is 7.10. The van der Waals surface area contributed by atoms with Crippen molar-refractivity contribution in [2.75, 3.05) is 18.1 Å². The molecule has 0 radical (unpaired) electrons. The maximum Gasteiger partial charge on any atom is 0.227 e. The van der Waals surface area contributed by atoms with E-state index < -0.39 is 20.8 Å². The van der Waals surface area contributed by atoms with Crippen molar-refractivity contribution >= 4 is 15.7 Å². The van der Waals surface area contributed by atoms with Crippen molar-refractivity contribution in [3.05, 3.63) is 0 Å². The highest BCUT2D eigenvalue weighted by molar-refractivity contribution is 7.91. The Bertz CT molecular complexity index is 389. The van der Waals surface area contributed by atoms with E-state index in [1.54, 1.807) is 20.8 Å². The average Bonchev–Trinajstić information content (AvgIpc) is 2.40. The average molecular weight is 248 g/mol. The second kappa shape index (κ2) is 4.00. The van der Waals surface area contributed by atoms with Crippen LogP contribution in [0.25, 0.3) is 0 Å². The van der Waals surface area contributed by atoms with Gasteiger partial charge in [0.1, 0.15) is 0 Å². The third-order valence-corrected chi connectivity index (χ3v) is 4.95. The maximum atomic E-state index is 11.9. The molecule has 1 atom stereocenters. The predicted octanol–water partition coefficient (Wildman–Crippen LogP) is -0.335. The number of rotatable bonds is 3. The third-order valence-electron chi connectivity index (χ3n) is 3.04. The van der Waals surface area contributed by atoms with Crippen LogP contribution in [0, 0.1) is 5.41 Å². The van der Waals surface area contributed by atoms with E-state index in [1.807, 2.05) is 0 Å². The summed E-state index contributed by atoms with van der Waals surface area (Å²) >= 11 is 0. The molecule has 1 aliphatic rings. The van der Waals surface area contributed by atoms with E-state index in [9.17, 15) is 13.2 Å². The Morgan fingerprint density at radius 2 is 2.06 bits per heavy atom. The van der Waals surface area contributed by atoms with Crippen LogP contribution in [0.3, 0.4) is 0 Å². The van der Waals surface area contributed by atoms with Gasteiger partial charge in [-0.25, -0.2) is 8.42 Å². The van der Waals surface area contributed by atoms with Gasteiger partial charge in [0, 0.05) is 6.54 Å². The standard InChI is InChI=1S/C10H20N2O3S/c1-9(2,6-11)8(13)12-10(3)4-5-16(14,15)7-10/h4-7,11H2,1-3H3,(H,12,13). The number of hydrogen-bond donors (Lipinski definition) is 2. The van der Waals surface area contributed by atoms with Crippen LogP contribution in [0.15, 0.2) is 0 Å². The molecule has 0 aromatic heterocycles. The first kappa shape index (κ1) is 13.4. The molecule has 5 nitrogen and oxygen atoms in total. The lowest BCUT2D eigenvalue weighted by atomic mass is 9.90. The normalized spacial score (nSPS) is 29.0. The molecule has 0 aliphatic carbocycles. The minimum absolute atomic E-state index is 0.0202. The van der Waals surface area contributed by atoms with Gasteiger partial charge in [-0.2, -0.15) is 0 Å². The van der Waals surface area contributed by atoms with Crippen LogP contribution < -0.4 is 11.1 Å². The van der Waals surface area contributed by atoms with Crippen molar-refractivity contribution in [2.45, 2.75) is 32.7 Å². The number of carbonyl (C=O) groups excluding carboxylic acids is 1. The minimum atomic E-state index is -3.00. The quantitative estimate of drug-likeness (QED) is 0.715. The lowest BCUT2D eigenvalue weighted by Gasteiger charge is -2.30. The summed E-state index contributed by atoms with van der Waals surface area (Å²) < 4.78 is 22.7. The summed E-state index contributed by atoms with van der Waals surface area (Å²) in [7, 11) is -3.00. The number of sulfone groups is 1. The molecule has 1 amide bonds. The van der Waals surface area contributed by atoms with Gasteiger partial charge in [-0.05, 0) is 27.2 Å². The van der Waals surface area contributed by atoms with E-state index in [1.165, 1.54) is 0 Å². The molecule has 0 saturated carbocycles. The van der Waals surface area contributed by atoms with E-state index >= 15 is 0 Å². The number of nitrogens with one attached hydrogen (secondary N) is 1. The molecular formula is C10H20N2O3S. The summed E-state index contributed by atoms with van der Waals surface area (Å²) in [5, 5.41) is 2.80. The number of amides is 1. The van der Waals surface area contributed by atoms with Crippen molar-refractivity contribution in [1.82, 2.24) is 5.32 Å². The van der Waals surface area contributed by atoms with Crippen molar-refractivity contribution in [2.24, 2.45) is 11.1 Å². The van der Waals surface area contributed by atoms with Crippen molar-refractivity contribution < 1.29 is 13.2 Å². The Balaban J connectivity index is 2.73. The molecule has 1 rings (SSSR count). The zero-order chi connectivity index (χ0) is 12.6. The molecule has 94 valence electrons. The molecule has 3 N–H and O–H groups in total. The van der Waals surface area contributed by atoms with Gasteiger partial charge in [-0.1, -0.05) is 0 Å². The molecular weight excluding hydrogens is 228 g/mol. The summed E-state index contributed by atoms with van der Waals surface area (Å²) in [4.78, 5) is 11.9. The van der Waals surface area contributed by atoms with E-state index in [2.05, 4.69) is 5.32 Å². The Labute approximate surface area is 96.7 Å². The van der Waals surface area contributed by atoms with Crippen molar-refractivity contribution in [3.63, 3.8) is 0 Å². The molecule has 6 heteroatoms.